The number of aryl methyl sites for hydroxylation is 1. The third kappa shape index (κ3) is 10.5. The maximum atomic E-state index is 11.9. The van der Waals surface area contributed by atoms with E-state index in [2.05, 4.69) is 20.9 Å². The van der Waals surface area contributed by atoms with E-state index in [0.29, 0.717) is 19.0 Å². The molecule has 1 rings (SSSR count). The van der Waals surface area contributed by atoms with Gasteiger partial charge in [-0.3, -0.25) is 0 Å². The number of ether oxygens (including phenoxy) is 1. The lowest BCUT2D eigenvalue weighted by Gasteiger charge is -2.29. The molecule has 3 N–H and O–H groups in total. The molecular weight excluding hydrogens is 445 g/mol. The summed E-state index contributed by atoms with van der Waals surface area (Å²) in [4.78, 5) is 16.5. The molecule has 0 atom stereocenters. The lowest BCUT2D eigenvalue weighted by Crippen LogP contribution is -2.54. The molecule has 0 bridgehead atoms. The van der Waals surface area contributed by atoms with Crippen molar-refractivity contribution >= 4 is 36.0 Å². The van der Waals surface area contributed by atoms with Crippen LogP contribution in [0.15, 0.2) is 23.5 Å². The third-order valence-corrected chi connectivity index (χ3v) is 3.19. The molecule has 1 aromatic rings. The maximum absolute atomic E-state index is 11.9. The number of aliphatic imine (C=N–C) groups is 1. The summed E-state index contributed by atoms with van der Waals surface area (Å²) >= 11 is 0. The quantitative estimate of drug-likeness (QED) is 0.333. The van der Waals surface area contributed by atoms with Gasteiger partial charge >= 0.3 is 6.09 Å². The number of hydrogen-bond acceptors (Lipinski definition) is 3. The molecular formula is C18H34IN5O2. The van der Waals surface area contributed by atoms with Gasteiger partial charge in [-0.25, -0.2) is 9.79 Å². The predicted octanol–water partition coefficient (Wildman–Crippen LogP) is 3.00. The second-order valence-electron chi connectivity index (χ2n) is 7.74. The molecule has 0 radical (unpaired) electrons. The SMILES string of the molecule is CCNC(=NCc1ccn(C)c1)NCC(C)(C)NC(=O)OC(C)(C)C.I. The molecule has 0 aliphatic heterocycles. The highest BCUT2D eigenvalue weighted by molar-refractivity contribution is 14.0. The minimum atomic E-state index is -0.514. The molecule has 1 aromatic heterocycles. The lowest BCUT2D eigenvalue weighted by molar-refractivity contribution is 0.0474. The average molecular weight is 479 g/mol. The number of carbonyl (C=O) groups excluding carboxylic acids is 1. The fourth-order valence-electron chi connectivity index (χ4n) is 2.10. The Morgan fingerprint density at radius 2 is 1.88 bits per heavy atom. The highest BCUT2D eigenvalue weighted by Gasteiger charge is 2.24. The molecule has 0 saturated carbocycles. The zero-order chi connectivity index (χ0) is 19.1. The third-order valence-electron chi connectivity index (χ3n) is 3.19. The monoisotopic (exact) mass is 479 g/mol. The molecule has 0 aromatic carbocycles. The van der Waals surface area contributed by atoms with Crippen LogP contribution in [0.4, 0.5) is 4.79 Å². The topological polar surface area (TPSA) is 79.7 Å². The van der Waals surface area contributed by atoms with Crippen molar-refractivity contribution in [2.45, 2.75) is 59.2 Å². The van der Waals surface area contributed by atoms with E-state index in [4.69, 9.17) is 4.74 Å². The Hall–Kier alpha value is -1.45. The smallest absolute Gasteiger partial charge is 0.408 e. The Labute approximate surface area is 174 Å². The molecule has 7 nitrogen and oxygen atoms in total. The van der Waals surface area contributed by atoms with Gasteiger partial charge in [-0.15, -0.1) is 24.0 Å². The normalized spacial score (nSPS) is 12.2. The molecule has 0 saturated heterocycles. The number of rotatable bonds is 6. The molecule has 0 aliphatic rings. The minimum absolute atomic E-state index is 0. The van der Waals surface area contributed by atoms with Gasteiger partial charge in [0.25, 0.3) is 0 Å². The van der Waals surface area contributed by atoms with Crippen molar-refractivity contribution in [1.82, 2.24) is 20.5 Å². The van der Waals surface area contributed by atoms with Crippen LogP contribution in [-0.2, 0) is 18.3 Å². The molecule has 0 spiro atoms. The Bertz CT molecular complexity index is 591. The van der Waals surface area contributed by atoms with Crippen molar-refractivity contribution < 1.29 is 9.53 Å². The number of guanidine groups is 1. The van der Waals surface area contributed by atoms with Crippen LogP contribution in [0.25, 0.3) is 0 Å². The predicted molar refractivity (Wildman–Crippen MR) is 117 cm³/mol. The number of halogens is 1. The fraction of sp³-hybridized carbons (Fsp3) is 0.667. The number of aromatic nitrogens is 1. The second-order valence-corrected chi connectivity index (χ2v) is 7.74. The van der Waals surface area contributed by atoms with Gasteiger partial charge in [-0.1, -0.05) is 0 Å². The van der Waals surface area contributed by atoms with E-state index in [1.807, 2.05) is 71.6 Å². The van der Waals surface area contributed by atoms with E-state index in [-0.39, 0.29) is 24.0 Å². The van der Waals surface area contributed by atoms with Gasteiger partial charge in [0.05, 0.1) is 12.1 Å². The summed E-state index contributed by atoms with van der Waals surface area (Å²) in [7, 11) is 1.99. The van der Waals surface area contributed by atoms with Gasteiger partial charge in [-0.05, 0) is 53.2 Å². The van der Waals surface area contributed by atoms with Crippen molar-refractivity contribution in [3.8, 4) is 0 Å². The minimum Gasteiger partial charge on any atom is -0.444 e. The second kappa shape index (κ2) is 10.6. The number of hydrogen-bond donors (Lipinski definition) is 3. The number of carbonyl (C=O) groups is 1. The van der Waals surface area contributed by atoms with Gasteiger partial charge in [0.15, 0.2) is 5.96 Å². The van der Waals surface area contributed by atoms with Crippen LogP contribution in [0.5, 0.6) is 0 Å². The van der Waals surface area contributed by atoms with Gasteiger partial charge in [0.2, 0.25) is 0 Å². The fourth-order valence-corrected chi connectivity index (χ4v) is 2.10. The molecule has 0 unspecified atom stereocenters. The molecule has 0 aliphatic carbocycles. The largest absolute Gasteiger partial charge is 0.444 e. The van der Waals surface area contributed by atoms with E-state index in [0.717, 1.165) is 12.1 Å². The first-order valence-corrected chi connectivity index (χ1v) is 8.65. The Morgan fingerprint density at radius 1 is 1.23 bits per heavy atom. The standard InChI is InChI=1S/C18H33N5O2.HI/c1-8-19-15(20-11-14-9-10-23(7)12-14)21-13-18(5,6)22-16(24)25-17(2,3)4;/h9-10,12H,8,11,13H2,1-7H3,(H,22,24)(H2,19,20,21);1H. The van der Waals surface area contributed by atoms with Gasteiger partial charge < -0.3 is 25.3 Å². The first-order chi connectivity index (χ1) is 11.5. The van der Waals surface area contributed by atoms with Crippen LogP contribution < -0.4 is 16.0 Å². The van der Waals surface area contributed by atoms with E-state index in [9.17, 15) is 4.79 Å². The Kier molecular flexibility index (Phi) is 10.0. The zero-order valence-corrected chi connectivity index (χ0v) is 19.3. The molecule has 1 heterocycles. The summed E-state index contributed by atoms with van der Waals surface area (Å²) in [5.74, 6) is 0.713. The van der Waals surface area contributed by atoms with Crippen LogP contribution in [-0.4, -0.2) is 40.8 Å². The molecule has 26 heavy (non-hydrogen) atoms. The summed E-state index contributed by atoms with van der Waals surface area (Å²) in [6.07, 6.45) is 3.62. The lowest BCUT2D eigenvalue weighted by atomic mass is 10.1. The van der Waals surface area contributed by atoms with Gasteiger partial charge in [0.1, 0.15) is 5.60 Å². The zero-order valence-electron chi connectivity index (χ0n) is 17.0. The molecule has 0 fully saturated rings. The number of nitrogens with one attached hydrogen (secondary N) is 3. The van der Waals surface area contributed by atoms with Gasteiger partial charge in [0, 0.05) is 32.5 Å². The summed E-state index contributed by atoms with van der Waals surface area (Å²) in [5, 5.41) is 9.36. The Morgan fingerprint density at radius 3 is 2.38 bits per heavy atom. The van der Waals surface area contributed by atoms with Crippen molar-refractivity contribution in [1.29, 1.82) is 0 Å². The first-order valence-electron chi connectivity index (χ1n) is 8.65. The number of amides is 1. The molecule has 8 heteroatoms. The van der Waals surface area contributed by atoms with Crippen molar-refractivity contribution in [3.05, 3.63) is 24.0 Å². The highest BCUT2D eigenvalue weighted by atomic mass is 127. The van der Waals surface area contributed by atoms with E-state index in [1.54, 1.807) is 0 Å². The molecule has 1 amide bonds. The number of alkyl carbamates (subject to hydrolysis) is 1. The average Bonchev–Trinajstić information content (AvgIpc) is 2.85. The van der Waals surface area contributed by atoms with Crippen LogP contribution in [0, 0.1) is 0 Å². The maximum Gasteiger partial charge on any atom is 0.408 e. The van der Waals surface area contributed by atoms with Gasteiger partial charge in [-0.2, -0.15) is 0 Å². The van der Waals surface area contributed by atoms with Crippen LogP contribution in [0.1, 0.15) is 47.1 Å². The summed E-state index contributed by atoms with van der Waals surface area (Å²) < 4.78 is 7.31. The van der Waals surface area contributed by atoms with E-state index >= 15 is 0 Å². The van der Waals surface area contributed by atoms with Crippen molar-refractivity contribution in [2.75, 3.05) is 13.1 Å². The number of nitrogens with zero attached hydrogens (tertiary/aromatic N) is 2. The van der Waals surface area contributed by atoms with E-state index < -0.39 is 17.2 Å². The van der Waals surface area contributed by atoms with Crippen LogP contribution in [0.2, 0.25) is 0 Å². The first kappa shape index (κ1) is 24.6. The van der Waals surface area contributed by atoms with E-state index in [1.165, 1.54) is 0 Å². The summed E-state index contributed by atoms with van der Waals surface area (Å²) in [6, 6.07) is 2.04. The summed E-state index contributed by atoms with van der Waals surface area (Å²) in [5.41, 5.74) is 0.149. The van der Waals surface area contributed by atoms with Crippen molar-refractivity contribution in [2.24, 2.45) is 12.0 Å². The highest BCUT2D eigenvalue weighted by Crippen LogP contribution is 2.09. The van der Waals surface area contributed by atoms with Crippen LogP contribution in [0.3, 0.4) is 0 Å². The van der Waals surface area contributed by atoms with Crippen molar-refractivity contribution in [3.63, 3.8) is 0 Å². The Balaban J connectivity index is 0.00000625. The van der Waals surface area contributed by atoms with Crippen LogP contribution >= 0.6 is 24.0 Å². The molecule has 150 valence electrons. The summed E-state index contributed by atoms with van der Waals surface area (Å²) in [6.45, 7) is 13.3.